The Hall–Kier alpha value is -0.540. The van der Waals surface area contributed by atoms with Gasteiger partial charge in [-0.25, -0.2) is 0 Å². The molecule has 3 heteroatoms. The fourth-order valence-electron chi connectivity index (χ4n) is 2.07. The largest absolute Gasteiger partial charge is 0.496 e. The van der Waals surface area contributed by atoms with Crippen molar-refractivity contribution in [1.29, 1.82) is 0 Å². The van der Waals surface area contributed by atoms with Crippen molar-refractivity contribution in [2.45, 2.75) is 31.8 Å². The van der Waals surface area contributed by atoms with Gasteiger partial charge < -0.3 is 9.84 Å². The van der Waals surface area contributed by atoms with Crippen LogP contribution in [0.1, 0.15) is 24.8 Å². The van der Waals surface area contributed by atoms with Crippen LogP contribution in [0.5, 0.6) is 5.75 Å². The number of ether oxygens (including phenoxy) is 1. The van der Waals surface area contributed by atoms with Crippen molar-refractivity contribution in [3.05, 3.63) is 28.2 Å². The number of rotatable bonds is 4. The van der Waals surface area contributed by atoms with E-state index in [0.717, 1.165) is 22.2 Å². The first-order chi connectivity index (χ1) is 7.70. The Labute approximate surface area is 105 Å². The summed E-state index contributed by atoms with van der Waals surface area (Å²) in [6.45, 7) is 0. The molecule has 1 aromatic carbocycles. The van der Waals surface area contributed by atoms with Crippen LogP contribution in [0.15, 0.2) is 22.7 Å². The summed E-state index contributed by atoms with van der Waals surface area (Å²) in [6, 6.07) is 5.99. The molecule has 1 N–H and O–H groups in total. The molecule has 0 heterocycles. The number of halogens is 1. The van der Waals surface area contributed by atoms with Crippen LogP contribution in [-0.2, 0) is 6.42 Å². The predicted molar refractivity (Wildman–Crippen MR) is 67.7 cm³/mol. The van der Waals surface area contributed by atoms with E-state index in [1.54, 1.807) is 7.11 Å². The Kier molecular flexibility index (Phi) is 3.87. The van der Waals surface area contributed by atoms with Gasteiger partial charge in [0, 0.05) is 0 Å². The Morgan fingerprint density at radius 3 is 2.75 bits per heavy atom. The molecule has 0 saturated heterocycles. The van der Waals surface area contributed by atoms with Gasteiger partial charge >= 0.3 is 0 Å². The molecule has 1 aliphatic carbocycles. The summed E-state index contributed by atoms with van der Waals surface area (Å²) < 4.78 is 6.13. The second kappa shape index (κ2) is 5.19. The lowest BCUT2D eigenvalue weighted by molar-refractivity contribution is 0.0630. The van der Waals surface area contributed by atoms with E-state index in [0.29, 0.717) is 5.92 Å². The van der Waals surface area contributed by atoms with Crippen molar-refractivity contribution in [1.82, 2.24) is 0 Å². The zero-order chi connectivity index (χ0) is 11.5. The topological polar surface area (TPSA) is 29.5 Å². The lowest BCUT2D eigenvalue weighted by Crippen LogP contribution is -2.28. The van der Waals surface area contributed by atoms with E-state index < -0.39 is 0 Å². The number of hydrogen-bond donors (Lipinski definition) is 1. The first-order valence-electron chi connectivity index (χ1n) is 5.71. The Morgan fingerprint density at radius 1 is 1.50 bits per heavy atom. The maximum absolute atomic E-state index is 9.99. The van der Waals surface area contributed by atoms with E-state index in [9.17, 15) is 5.11 Å². The third kappa shape index (κ3) is 2.58. The van der Waals surface area contributed by atoms with E-state index in [-0.39, 0.29) is 6.10 Å². The first-order valence-corrected chi connectivity index (χ1v) is 6.50. The normalized spacial score (nSPS) is 17.9. The average Bonchev–Trinajstić information content (AvgIpc) is 2.15. The van der Waals surface area contributed by atoms with Crippen molar-refractivity contribution in [2.75, 3.05) is 7.11 Å². The third-order valence-corrected chi connectivity index (χ3v) is 3.97. The molecule has 1 atom stereocenters. The molecule has 0 radical (unpaired) electrons. The van der Waals surface area contributed by atoms with Gasteiger partial charge in [-0.15, -0.1) is 0 Å². The fraction of sp³-hybridized carbons (Fsp3) is 0.538. The summed E-state index contributed by atoms with van der Waals surface area (Å²) >= 11 is 3.46. The van der Waals surface area contributed by atoms with Crippen molar-refractivity contribution < 1.29 is 9.84 Å². The van der Waals surface area contributed by atoms with Gasteiger partial charge in [0.1, 0.15) is 5.75 Å². The summed E-state index contributed by atoms with van der Waals surface area (Å²) in [6.07, 6.45) is 4.19. The second-order valence-electron chi connectivity index (χ2n) is 4.43. The summed E-state index contributed by atoms with van der Waals surface area (Å²) in [5, 5.41) is 9.99. The van der Waals surface area contributed by atoms with E-state index in [2.05, 4.69) is 15.9 Å². The zero-order valence-electron chi connectivity index (χ0n) is 9.45. The molecule has 0 amide bonds. The molecule has 1 saturated carbocycles. The number of aliphatic hydroxyl groups is 1. The number of methoxy groups -OCH3 is 1. The highest BCUT2D eigenvalue weighted by atomic mass is 79.9. The van der Waals surface area contributed by atoms with Gasteiger partial charge in [-0.2, -0.15) is 0 Å². The quantitative estimate of drug-likeness (QED) is 0.920. The number of aliphatic hydroxyl groups excluding tert-OH is 1. The minimum atomic E-state index is -0.186. The van der Waals surface area contributed by atoms with Crippen LogP contribution in [0, 0.1) is 5.92 Å². The van der Waals surface area contributed by atoms with Crippen LogP contribution in [0.3, 0.4) is 0 Å². The van der Waals surface area contributed by atoms with Crippen LogP contribution in [0.2, 0.25) is 0 Å². The van der Waals surface area contributed by atoms with Gasteiger partial charge in [0.25, 0.3) is 0 Å². The summed E-state index contributed by atoms with van der Waals surface area (Å²) in [5.41, 5.74) is 1.16. The lowest BCUT2D eigenvalue weighted by atomic mass is 9.79. The van der Waals surface area contributed by atoms with Crippen molar-refractivity contribution in [3.63, 3.8) is 0 Å². The monoisotopic (exact) mass is 284 g/mol. The molecule has 0 aromatic heterocycles. The summed E-state index contributed by atoms with van der Waals surface area (Å²) in [4.78, 5) is 0. The smallest absolute Gasteiger partial charge is 0.133 e. The van der Waals surface area contributed by atoms with Crippen LogP contribution in [0.25, 0.3) is 0 Å². The third-order valence-electron chi connectivity index (χ3n) is 3.36. The van der Waals surface area contributed by atoms with Crippen LogP contribution in [0.4, 0.5) is 0 Å². The molecular weight excluding hydrogens is 268 g/mol. The molecule has 0 aliphatic heterocycles. The SMILES string of the molecule is COc1ccc(CC(O)C2CCC2)cc1Br. The maximum Gasteiger partial charge on any atom is 0.133 e. The highest BCUT2D eigenvalue weighted by Crippen LogP contribution is 2.32. The van der Waals surface area contributed by atoms with Crippen molar-refractivity contribution in [3.8, 4) is 5.75 Å². The Balaban J connectivity index is 2.01. The molecule has 1 fully saturated rings. The van der Waals surface area contributed by atoms with E-state index >= 15 is 0 Å². The van der Waals surface area contributed by atoms with Gasteiger partial charge in [0.2, 0.25) is 0 Å². The fourth-order valence-corrected chi connectivity index (χ4v) is 2.66. The Bertz CT molecular complexity index is 361. The second-order valence-corrected chi connectivity index (χ2v) is 5.29. The summed E-state index contributed by atoms with van der Waals surface area (Å²) in [5.74, 6) is 1.35. The highest BCUT2D eigenvalue weighted by Gasteiger charge is 2.25. The van der Waals surface area contributed by atoms with Crippen LogP contribution in [-0.4, -0.2) is 18.3 Å². The van der Waals surface area contributed by atoms with Gasteiger partial charge in [0.05, 0.1) is 17.7 Å². The van der Waals surface area contributed by atoms with Gasteiger partial charge in [-0.1, -0.05) is 12.5 Å². The molecular formula is C13H17BrO2. The molecule has 2 nitrogen and oxygen atoms in total. The predicted octanol–water partition coefficient (Wildman–Crippen LogP) is 3.16. The average molecular weight is 285 g/mol. The van der Waals surface area contributed by atoms with E-state index in [4.69, 9.17) is 4.74 Å². The van der Waals surface area contributed by atoms with Crippen molar-refractivity contribution >= 4 is 15.9 Å². The van der Waals surface area contributed by atoms with Gasteiger partial charge in [-0.3, -0.25) is 0 Å². The maximum atomic E-state index is 9.99. The lowest BCUT2D eigenvalue weighted by Gasteiger charge is -2.30. The molecule has 1 unspecified atom stereocenters. The van der Waals surface area contributed by atoms with Gasteiger partial charge in [-0.05, 0) is 58.8 Å². The highest BCUT2D eigenvalue weighted by molar-refractivity contribution is 9.10. The van der Waals surface area contributed by atoms with Crippen LogP contribution < -0.4 is 4.74 Å². The standard InChI is InChI=1S/C13H17BrO2/c1-16-13-6-5-9(7-11(13)14)8-12(15)10-3-2-4-10/h5-7,10,12,15H,2-4,8H2,1H3. The molecule has 0 bridgehead atoms. The van der Waals surface area contributed by atoms with Gasteiger partial charge in [0.15, 0.2) is 0 Å². The molecule has 1 aromatic rings. The summed E-state index contributed by atoms with van der Waals surface area (Å²) in [7, 11) is 1.66. The molecule has 0 spiro atoms. The first kappa shape index (κ1) is 11.9. The number of hydrogen-bond acceptors (Lipinski definition) is 2. The van der Waals surface area contributed by atoms with E-state index in [1.807, 2.05) is 18.2 Å². The van der Waals surface area contributed by atoms with Crippen LogP contribution >= 0.6 is 15.9 Å². The minimum absolute atomic E-state index is 0.186. The van der Waals surface area contributed by atoms with Crippen molar-refractivity contribution in [2.24, 2.45) is 5.92 Å². The minimum Gasteiger partial charge on any atom is -0.496 e. The molecule has 2 rings (SSSR count). The molecule has 88 valence electrons. The van der Waals surface area contributed by atoms with E-state index in [1.165, 1.54) is 19.3 Å². The molecule has 1 aliphatic rings. The number of benzene rings is 1. The zero-order valence-corrected chi connectivity index (χ0v) is 11.0. The Morgan fingerprint density at radius 2 is 2.25 bits per heavy atom. The molecule has 16 heavy (non-hydrogen) atoms.